The van der Waals surface area contributed by atoms with Gasteiger partial charge in [0, 0.05) is 51.6 Å². The van der Waals surface area contributed by atoms with Crippen molar-refractivity contribution >= 4 is 11.7 Å². The van der Waals surface area contributed by atoms with E-state index < -0.39 is 0 Å². The Labute approximate surface area is 142 Å². The summed E-state index contributed by atoms with van der Waals surface area (Å²) in [5.41, 5.74) is 0.905. The molecule has 2 amide bonds. The van der Waals surface area contributed by atoms with Crippen LogP contribution in [-0.2, 0) is 4.74 Å². The van der Waals surface area contributed by atoms with E-state index in [2.05, 4.69) is 10.2 Å². The molecule has 0 bridgehead atoms. The second-order valence-electron chi connectivity index (χ2n) is 6.04. The number of anilines is 1. The SMILES string of the molecule is COCC(C)CNC(=O)N1CCN(c2ccc(F)c(OC)c2)CC1. The predicted molar refractivity (Wildman–Crippen MR) is 91.2 cm³/mol. The van der Waals surface area contributed by atoms with E-state index in [1.165, 1.54) is 13.2 Å². The van der Waals surface area contributed by atoms with E-state index >= 15 is 0 Å². The maximum Gasteiger partial charge on any atom is 0.317 e. The van der Waals surface area contributed by atoms with Gasteiger partial charge in [0.1, 0.15) is 0 Å². The summed E-state index contributed by atoms with van der Waals surface area (Å²) in [7, 11) is 3.11. The highest BCUT2D eigenvalue weighted by atomic mass is 19.1. The van der Waals surface area contributed by atoms with E-state index in [1.807, 2.05) is 6.92 Å². The molecule has 1 atom stereocenters. The summed E-state index contributed by atoms with van der Waals surface area (Å²) in [4.78, 5) is 16.1. The van der Waals surface area contributed by atoms with E-state index in [0.717, 1.165) is 5.69 Å². The average Bonchev–Trinajstić information content (AvgIpc) is 2.60. The molecule has 134 valence electrons. The molecule has 0 radical (unpaired) electrons. The van der Waals surface area contributed by atoms with Gasteiger partial charge in [-0.2, -0.15) is 0 Å². The highest BCUT2D eigenvalue weighted by Gasteiger charge is 2.22. The molecule has 0 spiro atoms. The van der Waals surface area contributed by atoms with Crippen LogP contribution in [0.2, 0.25) is 0 Å². The molecule has 24 heavy (non-hydrogen) atoms. The largest absolute Gasteiger partial charge is 0.494 e. The second-order valence-corrected chi connectivity index (χ2v) is 6.04. The van der Waals surface area contributed by atoms with Gasteiger partial charge < -0.3 is 24.6 Å². The van der Waals surface area contributed by atoms with E-state index in [1.54, 1.807) is 24.1 Å². The number of halogens is 1. The third-order valence-electron chi connectivity index (χ3n) is 4.12. The smallest absolute Gasteiger partial charge is 0.317 e. The number of carbonyl (C=O) groups is 1. The molecule has 1 N–H and O–H groups in total. The molecule has 2 rings (SSSR count). The number of urea groups is 1. The number of piperazine rings is 1. The zero-order chi connectivity index (χ0) is 17.5. The average molecular weight is 339 g/mol. The van der Waals surface area contributed by atoms with Gasteiger partial charge in [0.05, 0.1) is 13.7 Å². The van der Waals surface area contributed by atoms with Crippen LogP contribution in [0, 0.1) is 11.7 Å². The lowest BCUT2D eigenvalue weighted by atomic mass is 10.2. The van der Waals surface area contributed by atoms with Crippen LogP contribution < -0.4 is 15.0 Å². The third-order valence-corrected chi connectivity index (χ3v) is 4.12. The maximum absolute atomic E-state index is 13.5. The lowest BCUT2D eigenvalue weighted by Crippen LogP contribution is -2.52. The molecular weight excluding hydrogens is 313 g/mol. The highest BCUT2D eigenvalue weighted by molar-refractivity contribution is 5.74. The van der Waals surface area contributed by atoms with Crippen molar-refractivity contribution in [3.8, 4) is 5.75 Å². The van der Waals surface area contributed by atoms with Crippen molar-refractivity contribution in [2.24, 2.45) is 5.92 Å². The first-order valence-electron chi connectivity index (χ1n) is 8.15. The molecule has 1 saturated heterocycles. The zero-order valence-corrected chi connectivity index (χ0v) is 14.5. The van der Waals surface area contributed by atoms with Crippen LogP contribution in [0.3, 0.4) is 0 Å². The van der Waals surface area contributed by atoms with E-state index in [-0.39, 0.29) is 23.5 Å². The number of hydrogen-bond acceptors (Lipinski definition) is 4. The summed E-state index contributed by atoms with van der Waals surface area (Å²) in [5, 5.41) is 2.94. The Morgan fingerprint density at radius 3 is 2.62 bits per heavy atom. The van der Waals surface area contributed by atoms with Gasteiger partial charge in [-0.25, -0.2) is 9.18 Å². The lowest BCUT2D eigenvalue weighted by molar-refractivity contribution is 0.154. The quantitative estimate of drug-likeness (QED) is 0.861. The number of rotatable bonds is 6. The number of hydrogen-bond donors (Lipinski definition) is 1. The lowest BCUT2D eigenvalue weighted by Gasteiger charge is -2.36. The summed E-state index contributed by atoms with van der Waals surface area (Å²) >= 11 is 0. The Kier molecular flexibility index (Phi) is 6.66. The van der Waals surface area contributed by atoms with Gasteiger partial charge in [-0.1, -0.05) is 6.92 Å². The fourth-order valence-electron chi connectivity index (χ4n) is 2.73. The standard InChI is InChI=1S/C17H26FN3O3/c1-13(12-23-2)11-19-17(22)21-8-6-20(7-9-21)14-4-5-15(18)16(10-14)24-3/h4-5,10,13H,6-9,11-12H2,1-3H3,(H,19,22). The number of benzene rings is 1. The van der Waals surface area contributed by atoms with Crippen LogP contribution in [0.4, 0.5) is 14.9 Å². The monoisotopic (exact) mass is 339 g/mol. The van der Waals surface area contributed by atoms with Crippen LogP contribution in [0.1, 0.15) is 6.92 Å². The van der Waals surface area contributed by atoms with Crippen molar-refractivity contribution < 1.29 is 18.7 Å². The molecule has 1 aromatic carbocycles. The first-order valence-corrected chi connectivity index (χ1v) is 8.15. The number of nitrogens with zero attached hydrogens (tertiary/aromatic N) is 2. The van der Waals surface area contributed by atoms with Gasteiger partial charge in [0.25, 0.3) is 0 Å². The van der Waals surface area contributed by atoms with Crippen LogP contribution in [0.25, 0.3) is 0 Å². The summed E-state index contributed by atoms with van der Waals surface area (Å²) in [6, 6.07) is 4.79. The van der Waals surface area contributed by atoms with Crippen molar-refractivity contribution in [3.05, 3.63) is 24.0 Å². The van der Waals surface area contributed by atoms with Gasteiger partial charge in [-0.15, -0.1) is 0 Å². The van der Waals surface area contributed by atoms with E-state index in [0.29, 0.717) is 39.3 Å². The van der Waals surface area contributed by atoms with Gasteiger partial charge in [0.15, 0.2) is 11.6 Å². The summed E-state index contributed by atoms with van der Waals surface area (Å²) < 4.78 is 23.6. The second kappa shape index (κ2) is 8.73. The van der Waals surface area contributed by atoms with Crippen molar-refractivity contribution in [1.82, 2.24) is 10.2 Å². The molecular formula is C17H26FN3O3. The minimum absolute atomic E-state index is 0.0470. The van der Waals surface area contributed by atoms with E-state index in [9.17, 15) is 9.18 Å². The minimum Gasteiger partial charge on any atom is -0.494 e. The Morgan fingerprint density at radius 1 is 1.29 bits per heavy atom. The first-order chi connectivity index (χ1) is 11.5. The Balaban J connectivity index is 1.83. The fourth-order valence-corrected chi connectivity index (χ4v) is 2.73. The fraction of sp³-hybridized carbons (Fsp3) is 0.588. The van der Waals surface area contributed by atoms with Gasteiger partial charge in [-0.05, 0) is 18.1 Å². The van der Waals surface area contributed by atoms with Gasteiger partial charge in [0.2, 0.25) is 0 Å². The van der Waals surface area contributed by atoms with Crippen molar-refractivity contribution in [2.45, 2.75) is 6.92 Å². The Bertz CT molecular complexity index is 548. The van der Waals surface area contributed by atoms with Crippen molar-refractivity contribution in [1.29, 1.82) is 0 Å². The highest BCUT2D eigenvalue weighted by Crippen LogP contribution is 2.25. The molecule has 1 heterocycles. The predicted octanol–water partition coefficient (Wildman–Crippen LogP) is 1.95. The minimum atomic E-state index is -0.371. The first kappa shape index (κ1) is 18.3. The van der Waals surface area contributed by atoms with Crippen LogP contribution in [0.5, 0.6) is 5.75 Å². The summed E-state index contributed by atoms with van der Waals surface area (Å²) in [6.45, 7) is 5.92. The molecule has 7 heteroatoms. The molecule has 1 aromatic rings. The number of nitrogens with one attached hydrogen (secondary N) is 1. The van der Waals surface area contributed by atoms with Gasteiger partial charge in [-0.3, -0.25) is 0 Å². The summed E-state index contributed by atoms with van der Waals surface area (Å²) in [6.07, 6.45) is 0. The molecule has 1 unspecified atom stereocenters. The van der Waals surface area contributed by atoms with Crippen LogP contribution >= 0.6 is 0 Å². The molecule has 1 fully saturated rings. The molecule has 1 aliphatic heterocycles. The maximum atomic E-state index is 13.5. The topological polar surface area (TPSA) is 54.0 Å². The third kappa shape index (κ3) is 4.74. The Hall–Kier alpha value is -2.02. The molecule has 6 nitrogen and oxygen atoms in total. The van der Waals surface area contributed by atoms with E-state index in [4.69, 9.17) is 9.47 Å². The molecule has 0 saturated carbocycles. The summed E-state index contributed by atoms with van der Waals surface area (Å²) in [5.74, 6) is 0.149. The molecule has 0 aliphatic carbocycles. The zero-order valence-electron chi connectivity index (χ0n) is 14.5. The van der Waals surface area contributed by atoms with Gasteiger partial charge >= 0.3 is 6.03 Å². The molecule has 1 aliphatic rings. The normalized spacial score (nSPS) is 16.0. The van der Waals surface area contributed by atoms with Crippen LogP contribution in [0.15, 0.2) is 18.2 Å². The van der Waals surface area contributed by atoms with Crippen molar-refractivity contribution in [3.63, 3.8) is 0 Å². The number of carbonyl (C=O) groups excluding carboxylic acids is 1. The van der Waals surface area contributed by atoms with Crippen molar-refractivity contribution in [2.75, 3.05) is 58.5 Å². The van der Waals surface area contributed by atoms with Crippen LogP contribution in [-0.4, -0.2) is 64.5 Å². The molecule has 0 aromatic heterocycles. The number of ether oxygens (including phenoxy) is 2. The Morgan fingerprint density at radius 2 is 2.00 bits per heavy atom. The number of methoxy groups -OCH3 is 2. The number of amides is 2.